The van der Waals surface area contributed by atoms with Crippen LogP contribution in [0.1, 0.15) is 17.7 Å². The number of nitrogens with zero attached hydrogens (tertiary/aromatic N) is 2. The second-order valence-electron chi connectivity index (χ2n) is 5.91. The van der Waals surface area contributed by atoms with Gasteiger partial charge in [0.25, 0.3) is 0 Å². The molecule has 6 nitrogen and oxygen atoms in total. The van der Waals surface area contributed by atoms with Crippen molar-refractivity contribution in [2.75, 3.05) is 13.1 Å². The van der Waals surface area contributed by atoms with E-state index in [1.807, 2.05) is 17.5 Å². The molecule has 26 heavy (non-hydrogen) atoms. The summed E-state index contributed by atoms with van der Waals surface area (Å²) in [5, 5.41) is 6.34. The molecule has 9 heteroatoms. The van der Waals surface area contributed by atoms with Crippen LogP contribution in [0.15, 0.2) is 51.8 Å². The van der Waals surface area contributed by atoms with Crippen LogP contribution in [0.5, 0.6) is 0 Å². The summed E-state index contributed by atoms with van der Waals surface area (Å²) in [6, 6.07) is 9.83. The summed E-state index contributed by atoms with van der Waals surface area (Å²) in [7, 11) is -3.64. The molecule has 1 atom stereocenters. The number of amides is 1. The van der Waals surface area contributed by atoms with Crippen molar-refractivity contribution in [3.8, 4) is 0 Å². The van der Waals surface area contributed by atoms with Crippen molar-refractivity contribution < 1.29 is 13.2 Å². The van der Waals surface area contributed by atoms with E-state index in [2.05, 4.69) is 10.5 Å². The highest BCUT2D eigenvalue weighted by Crippen LogP contribution is 2.24. The predicted molar refractivity (Wildman–Crippen MR) is 103 cm³/mol. The first kappa shape index (κ1) is 19.0. The Labute approximate surface area is 161 Å². The molecule has 1 aliphatic heterocycles. The summed E-state index contributed by atoms with van der Waals surface area (Å²) in [5.74, 6) is -0.694. The fourth-order valence-corrected chi connectivity index (χ4v) is 4.98. The van der Waals surface area contributed by atoms with E-state index in [1.54, 1.807) is 18.3 Å². The minimum Gasteiger partial charge on any atom is -0.273 e. The topological polar surface area (TPSA) is 78.8 Å². The zero-order chi connectivity index (χ0) is 18.6. The van der Waals surface area contributed by atoms with E-state index in [1.165, 1.54) is 27.8 Å². The first-order valence-corrected chi connectivity index (χ1v) is 10.8. The number of nitrogens with one attached hydrogen (secondary N) is 1. The lowest BCUT2D eigenvalue weighted by atomic mass is 9.99. The zero-order valence-corrected chi connectivity index (χ0v) is 16.2. The Kier molecular flexibility index (Phi) is 6.08. The van der Waals surface area contributed by atoms with Gasteiger partial charge in [-0.3, -0.25) is 4.79 Å². The summed E-state index contributed by atoms with van der Waals surface area (Å²) in [6.45, 7) is 0.540. The Bertz CT molecular complexity index is 880. The standard InChI is InChI=1S/C17H18ClN3O3S2/c18-14-5-7-16(8-6-14)26(23,24)21-9-1-3-13(12-21)17(22)20-19-11-15-4-2-10-25-15/h2,4-8,10-11,13H,1,3,9,12H2,(H,20,22)/b19-11-/t13-/m0/s1. The van der Waals surface area contributed by atoms with E-state index in [0.717, 1.165) is 4.88 Å². The molecular formula is C17H18ClN3O3S2. The van der Waals surface area contributed by atoms with Crippen LogP contribution >= 0.6 is 22.9 Å². The molecule has 1 amide bonds. The monoisotopic (exact) mass is 411 g/mol. The lowest BCUT2D eigenvalue weighted by Crippen LogP contribution is -2.44. The number of piperidine rings is 1. The Hall–Kier alpha value is -1.74. The van der Waals surface area contributed by atoms with Crippen LogP contribution in [0.2, 0.25) is 5.02 Å². The van der Waals surface area contributed by atoms with Gasteiger partial charge in [-0.05, 0) is 48.6 Å². The van der Waals surface area contributed by atoms with Gasteiger partial charge in [-0.15, -0.1) is 11.3 Å². The van der Waals surface area contributed by atoms with Crippen molar-refractivity contribution in [2.45, 2.75) is 17.7 Å². The summed E-state index contributed by atoms with van der Waals surface area (Å²) in [6.07, 6.45) is 2.83. The molecule has 0 radical (unpaired) electrons. The van der Waals surface area contributed by atoms with Gasteiger partial charge in [-0.1, -0.05) is 17.7 Å². The zero-order valence-electron chi connectivity index (χ0n) is 13.8. The van der Waals surface area contributed by atoms with Gasteiger partial charge in [-0.2, -0.15) is 9.41 Å². The second-order valence-corrected chi connectivity index (χ2v) is 9.26. The van der Waals surface area contributed by atoms with E-state index in [-0.39, 0.29) is 17.3 Å². The highest BCUT2D eigenvalue weighted by Gasteiger charge is 2.33. The van der Waals surface area contributed by atoms with Crippen molar-refractivity contribution >= 4 is 45.1 Å². The highest BCUT2D eigenvalue weighted by molar-refractivity contribution is 7.89. The molecule has 0 bridgehead atoms. The Morgan fingerprint density at radius 1 is 1.31 bits per heavy atom. The van der Waals surface area contributed by atoms with Gasteiger partial charge in [0, 0.05) is 23.0 Å². The number of halogens is 1. The highest BCUT2D eigenvalue weighted by atomic mass is 35.5. The molecule has 1 aromatic carbocycles. The predicted octanol–water partition coefficient (Wildman–Crippen LogP) is 2.95. The molecule has 2 aromatic rings. The maximum absolute atomic E-state index is 12.8. The first-order chi connectivity index (χ1) is 12.5. The van der Waals surface area contributed by atoms with Crippen molar-refractivity contribution in [3.63, 3.8) is 0 Å². The number of hydrogen-bond acceptors (Lipinski definition) is 5. The molecule has 3 rings (SSSR count). The Balaban J connectivity index is 1.64. The van der Waals surface area contributed by atoms with Crippen molar-refractivity contribution in [1.29, 1.82) is 0 Å². The molecule has 0 spiro atoms. The molecule has 0 saturated carbocycles. The lowest BCUT2D eigenvalue weighted by Gasteiger charge is -2.30. The quantitative estimate of drug-likeness (QED) is 0.606. The number of carbonyl (C=O) groups excluding carboxylic acids is 1. The summed E-state index contributed by atoms with van der Waals surface area (Å²) in [4.78, 5) is 13.4. The molecule has 138 valence electrons. The average molecular weight is 412 g/mol. The third-order valence-electron chi connectivity index (χ3n) is 4.12. The van der Waals surface area contributed by atoms with Gasteiger partial charge in [0.05, 0.1) is 17.0 Å². The number of hydrogen-bond donors (Lipinski definition) is 1. The SMILES string of the molecule is O=C(N/N=C\c1cccs1)[C@H]1CCCN(S(=O)(=O)c2ccc(Cl)cc2)C1. The van der Waals surface area contributed by atoms with Gasteiger partial charge in [0.1, 0.15) is 0 Å². The second kappa shape index (κ2) is 8.30. The third-order valence-corrected chi connectivity index (χ3v) is 7.05. The third kappa shape index (κ3) is 4.50. The molecule has 1 saturated heterocycles. The smallest absolute Gasteiger partial charge is 0.244 e. The van der Waals surface area contributed by atoms with E-state index < -0.39 is 15.9 Å². The molecule has 1 N–H and O–H groups in total. The minimum atomic E-state index is -3.64. The maximum atomic E-state index is 12.8. The normalized spacial score (nSPS) is 18.9. The van der Waals surface area contributed by atoms with Crippen LogP contribution in [0.4, 0.5) is 0 Å². The molecule has 1 fully saturated rings. The average Bonchev–Trinajstić information content (AvgIpc) is 3.15. The molecule has 2 heterocycles. The van der Waals surface area contributed by atoms with Crippen LogP contribution in [0.25, 0.3) is 0 Å². The summed E-state index contributed by atoms with van der Waals surface area (Å²) in [5.41, 5.74) is 2.51. The number of carbonyl (C=O) groups is 1. The van der Waals surface area contributed by atoms with Crippen molar-refractivity contribution in [2.24, 2.45) is 11.0 Å². The van der Waals surface area contributed by atoms with Crippen LogP contribution in [-0.4, -0.2) is 37.9 Å². The molecule has 1 aromatic heterocycles. The summed E-state index contributed by atoms with van der Waals surface area (Å²) >= 11 is 7.34. The van der Waals surface area contributed by atoms with E-state index >= 15 is 0 Å². The number of sulfonamides is 1. The number of hydrazone groups is 1. The van der Waals surface area contributed by atoms with Gasteiger partial charge in [0.15, 0.2) is 0 Å². The van der Waals surface area contributed by atoms with Crippen LogP contribution < -0.4 is 5.43 Å². The minimum absolute atomic E-state index is 0.144. The molecule has 1 aliphatic rings. The van der Waals surface area contributed by atoms with Crippen LogP contribution in [0, 0.1) is 5.92 Å². The van der Waals surface area contributed by atoms with E-state index in [0.29, 0.717) is 24.4 Å². The van der Waals surface area contributed by atoms with Crippen molar-refractivity contribution in [3.05, 3.63) is 51.7 Å². The van der Waals surface area contributed by atoms with Crippen molar-refractivity contribution in [1.82, 2.24) is 9.73 Å². The number of thiophene rings is 1. The van der Waals surface area contributed by atoms with Gasteiger partial charge >= 0.3 is 0 Å². The fraction of sp³-hybridized carbons (Fsp3) is 0.294. The fourth-order valence-electron chi connectivity index (χ4n) is 2.75. The maximum Gasteiger partial charge on any atom is 0.244 e. The van der Waals surface area contributed by atoms with Crippen LogP contribution in [-0.2, 0) is 14.8 Å². The Morgan fingerprint density at radius 3 is 2.77 bits per heavy atom. The molecule has 0 unspecified atom stereocenters. The van der Waals surface area contributed by atoms with Gasteiger partial charge in [-0.25, -0.2) is 13.8 Å². The van der Waals surface area contributed by atoms with E-state index in [9.17, 15) is 13.2 Å². The first-order valence-electron chi connectivity index (χ1n) is 8.09. The summed E-state index contributed by atoms with van der Waals surface area (Å²) < 4.78 is 26.9. The number of rotatable bonds is 5. The van der Waals surface area contributed by atoms with Gasteiger partial charge < -0.3 is 0 Å². The van der Waals surface area contributed by atoms with Crippen LogP contribution in [0.3, 0.4) is 0 Å². The Morgan fingerprint density at radius 2 is 2.08 bits per heavy atom. The van der Waals surface area contributed by atoms with Gasteiger partial charge in [0.2, 0.25) is 15.9 Å². The largest absolute Gasteiger partial charge is 0.273 e. The molecular weight excluding hydrogens is 394 g/mol. The molecule has 0 aliphatic carbocycles. The lowest BCUT2D eigenvalue weighted by molar-refractivity contribution is -0.126. The van der Waals surface area contributed by atoms with E-state index in [4.69, 9.17) is 11.6 Å². The number of benzene rings is 1.